The van der Waals surface area contributed by atoms with Crippen LogP contribution in [0.3, 0.4) is 0 Å². The molecule has 0 radical (unpaired) electrons. The number of rotatable bonds is 5. The summed E-state index contributed by atoms with van der Waals surface area (Å²) in [5.41, 5.74) is 2.60. The molecule has 1 aromatic rings. The number of guanidine groups is 1. The number of piperidine rings is 1. The predicted octanol–water partition coefficient (Wildman–Crippen LogP) is 2.88. The van der Waals surface area contributed by atoms with Gasteiger partial charge in [0, 0.05) is 32.7 Å². The van der Waals surface area contributed by atoms with Crippen LogP contribution in [0.15, 0.2) is 29.3 Å². The van der Waals surface area contributed by atoms with Crippen LogP contribution in [0.25, 0.3) is 0 Å². The third-order valence-electron chi connectivity index (χ3n) is 4.81. The number of likely N-dealkylation sites (tertiary alicyclic amines) is 1. The van der Waals surface area contributed by atoms with Crippen molar-refractivity contribution in [2.24, 2.45) is 4.99 Å². The maximum atomic E-state index is 11.8. The first-order valence-corrected chi connectivity index (χ1v) is 9.49. The van der Waals surface area contributed by atoms with Crippen LogP contribution in [0.1, 0.15) is 43.7 Å². The van der Waals surface area contributed by atoms with Crippen molar-refractivity contribution in [1.82, 2.24) is 15.5 Å². The van der Waals surface area contributed by atoms with Crippen molar-refractivity contribution < 1.29 is 9.53 Å². The normalized spacial score (nSPS) is 16.9. The summed E-state index contributed by atoms with van der Waals surface area (Å²) in [5, 5.41) is 6.89. The molecule has 2 N–H and O–H groups in total. The summed E-state index contributed by atoms with van der Waals surface area (Å²) in [6, 6.07) is 8.99. The number of carbonyl (C=O) groups is 1. The van der Waals surface area contributed by atoms with E-state index in [2.05, 4.69) is 53.7 Å². The summed E-state index contributed by atoms with van der Waals surface area (Å²) >= 11 is 0. The molecule has 6 heteroatoms. The second-order valence-corrected chi connectivity index (χ2v) is 6.87. The van der Waals surface area contributed by atoms with E-state index in [1.807, 2.05) is 6.92 Å². The first-order valence-electron chi connectivity index (χ1n) is 9.49. The molecular formula is C20H32N4O2. The first-order chi connectivity index (χ1) is 12.5. The van der Waals surface area contributed by atoms with Gasteiger partial charge in [-0.1, -0.05) is 36.8 Å². The molecule has 0 aromatic heterocycles. The van der Waals surface area contributed by atoms with Gasteiger partial charge in [-0.25, -0.2) is 4.79 Å². The molecule has 1 unspecified atom stereocenters. The maximum Gasteiger partial charge on any atom is 0.409 e. The fourth-order valence-electron chi connectivity index (χ4n) is 3.07. The Morgan fingerprint density at radius 1 is 1.31 bits per heavy atom. The van der Waals surface area contributed by atoms with E-state index in [0.29, 0.717) is 31.7 Å². The van der Waals surface area contributed by atoms with Crippen molar-refractivity contribution in [3.63, 3.8) is 0 Å². The second-order valence-electron chi connectivity index (χ2n) is 6.87. The van der Waals surface area contributed by atoms with Crippen LogP contribution in [0, 0.1) is 6.92 Å². The first kappa shape index (κ1) is 20.1. The predicted molar refractivity (Wildman–Crippen MR) is 106 cm³/mol. The Kier molecular flexibility index (Phi) is 7.75. The highest BCUT2D eigenvalue weighted by Gasteiger charge is 2.24. The number of aryl methyl sites for hydroxylation is 1. The Morgan fingerprint density at radius 3 is 2.54 bits per heavy atom. The van der Waals surface area contributed by atoms with E-state index < -0.39 is 0 Å². The molecule has 0 aliphatic carbocycles. The van der Waals surface area contributed by atoms with E-state index in [4.69, 9.17) is 4.74 Å². The lowest BCUT2D eigenvalue weighted by atomic mass is 10.00. The molecule has 2 rings (SSSR count). The highest BCUT2D eigenvalue weighted by Crippen LogP contribution is 2.15. The van der Waals surface area contributed by atoms with Gasteiger partial charge in [-0.15, -0.1) is 0 Å². The lowest BCUT2D eigenvalue weighted by Gasteiger charge is -2.32. The van der Waals surface area contributed by atoms with Gasteiger partial charge >= 0.3 is 6.09 Å². The molecule has 0 saturated carbocycles. The average molecular weight is 361 g/mol. The van der Waals surface area contributed by atoms with Crippen LogP contribution in [0.2, 0.25) is 0 Å². The van der Waals surface area contributed by atoms with Crippen LogP contribution >= 0.6 is 0 Å². The number of hydrogen-bond acceptors (Lipinski definition) is 3. The molecule has 0 spiro atoms. The number of aliphatic imine (C=N–C) groups is 1. The van der Waals surface area contributed by atoms with Gasteiger partial charge in [0.1, 0.15) is 0 Å². The molecule has 1 aliphatic heterocycles. The van der Waals surface area contributed by atoms with Gasteiger partial charge < -0.3 is 20.3 Å². The number of amides is 1. The van der Waals surface area contributed by atoms with Crippen molar-refractivity contribution >= 4 is 12.1 Å². The highest BCUT2D eigenvalue weighted by molar-refractivity contribution is 5.80. The molecule has 1 amide bonds. The van der Waals surface area contributed by atoms with E-state index in [0.717, 1.165) is 25.3 Å². The van der Waals surface area contributed by atoms with Gasteiger partial charge in [0.05, 0.1) is 6.61 Å². The zero-order valence-electron chi connectivity index (χ0n) is 16.4. The van der Waals surface area contributed by atoms with Gasteiger partial charge in [0.25, 0.3) is 0 Å². The number of nitrogens with zero attached hydrogens (tertiary/aromatic N) is 2. The molecule has 144 valence electrons. The van der Waals surface area contributed by atoms with Crippen molar-refractivity contribution in [2.75, 3.05) is 33.3 Å². The van der Waals surface area contributed by atoms with E-state index in [1.165, 1.54) is 11.1 Å². The summed E-state index contributed by atoms with van der Waals surface area (Å²) in [7, 11) is 1.79. The fraction of sp³-hybridized carbons (Fsp3) is 0.600. The molecule has 1 saturated heterocycles. The Morgan fingerprint density at radius 2 is 1.96 bits per heavy atom. The summed E-state index contributed by atoms with van der Waals surface area (Å²) in [6.07, 6.45) is 1.58. The number of nitrogens with one attached hydrogen (secondary N) is 2. The van der Waals surface area contributed by atoms with Gasteiger partial charge in [-0.3, -0.25) is 4.99 Å². The highest BCUT2D eigenvalue weighted by atomic mass is 16.6. The van der Waals surface area contributed by atoms with Gasteiger partial charge in [-0.2, -0.15) is 0 Å². The molecule has 1 heterocycles. The maximum absolute atomic E-state index is 11.8. The number of benzene rings is 1. The van der Waals surface area contributed by atoms with Gasteiger partial charge in [0.2, 0.25) is 0 Å². The smallest absolute Gasteiger partial charge is 0.409 e. The average Bonchev–Trinajstić information content (AvgIpc) is 2.66. The zero-order chi connectivity index (χ0) is 18.9. The summed E-state index contributed by atoms with van der Waals surface area (Å²) < 4.78 is 5.06. The third kappa shape index (κ3) is 5.93. The van der Waals surface area contributed by atoms with E-state index in [9.17, 15) is 4.79 Å². The molecule has 1 aliphatic rings. The van der Waals surface area contributed by atoms with Crippen molar-refractivity contribution in [3.05, 3.63) is 35.4 Å². The minimum Gasteiger partial charge on any atom is -0.450 e. The molecule has 1 fully saturated rings. The van der Waals surface area contributed by atoms with Crippen LogP contribution in [-0.2, 0) is 4.74 Å². The van der Waals surface area contributed by atoms with Crippen molar-refractivity contribution in [1.29, 1.82) is 0 Å². The Bertz CT molecular complexity index is 592. The minimum atomic E-state index is -0.208. The van der Waals surface area contributed by atoms with Crippen LogP contribution < -0.4 is 10.6 Å². The molecule has 1 atom stereocenters. The van der Waals surface area contributed by atoms with Crippen molar-refractivity contribution in [3.8, 4) is 0 Å². The third-order valence-corrected chi connectivity index (χ3v) is 4.81. The topological polar surface area (TPSA) is 66.0 Å². The summed E-state index contributed by atoms with van der Waals surface area (Å²) in [4.78, 5) is 17.9. The lowest BCUT2D eigenvalue weighted by Crippen LogP contribution is -2.50. The zero-order valence-corrected chi connectivity index (χ0v) is 16.4. The summed E-state index contributed by atoms with van der Waals surface area (Å²) in [6.45, 7) is 8.83. The van der Waals surface area contributed by atoms with Gasteiger partial charge in [-0.05, 0) is 38.2 Å². The minimum absolute atomic E-state index is 0.208. The van der Waals surface area contributed by atoms with Crippen LogP contribution in [0.5, 0.6) is 0 Å². The van der Waals surface area contributed by atoms with E-state index >= 15 is 0 Å². The van der Waals surface area contributed by atoms with Crippen LogP contribution in [0.4, 0.5) is 4.79 Å². The monoisotopic (exact) mass is 360 g/mol. The standard InChI is InChI=1S/C20H32N4O2/c1-5-26-20(25)24-12-10-18(11-13-24)23-19(21-4)22-14-16(3)17-8-6-15(2)7-9-17/h6-9,16,18H,5,10-14H2,1-4H3,(H2,21,22,23). The number of hydrogen-bond donors (Lipinski definition) is 2. The Hall–Kier alpha value is -2.24. The second kappa shape index (κ2) is 10.0. The Balaban J connectivity index is 1.76. The molecule has 0 bridgehead atoms. The molecule has 26 heavy (non-hydrogen) atoms. The molecule has 1 aromatic carbocycles. The largest absolute Gasteiger partial charge is 0.450 e. The lowest BCUT2D eigenvalue weighted by molar-refractivity contribution is 0.0963. The van der Waals surface area contributed by atoms with E-state index in [-0.39, 0.29) is 6.09 Å². The summed E-state index contributed by atoms with van der Waals surface area (Å²) in [5.74, 6) is 1.22. The molecular weight excluding hydrogens is 328 g/mol. The SMILES string of the molecule is CCOC(=O)N1CCC(NC(=NC)NCC(C)c2ccc(C)cc2)CC1. The number of ether oxygens (including phenoxy) is 1. The quantitative estimate of drug-likeness (QED) is 0.626. The molecule has 6 nitrogen and oxygen atoms in total. The fourth-order valence-corrected chi connectivity index (χ4v) is 3.07. The van der Waals surface area contributed by atoms with Gasteiger partial charge in [0.15, 0.2) is 5.96 Å². The Labute approximate surface area is 157 Å². The number of carbonyl (C=O) groups excluding carboxylic acids is 1. The van der Waals surface area contributed by atoms with Crippen molar-refractivity contribution in [2.45, 2.75) is 45.6 Å². The van der Waals surface area contributed by atoms with E-state index in [1.54, 1.807) is 11.9 Å². The van der Waals surface area contributed by atoms with Crippen LogP contribution in [-0.4, -0.2) is 56.3 Å².